The van der Waals surface area contributed by atoms with Crippen molar-refractivity contribution in [2.45, 2.75) is 66.6 Å². The van der Waals surface area contributed by atoms with Gasteiger partial charge in [-0.3, -0.25) is 0 Å². The molecule has 1 atom stereocenters. The fourth-order valence-electron chi connectivity index (χ4n) is 1.67. The van der Waals surface area contributed by atoms with Gasteiger partial charge in [0.05, 0.1) is 0 Å². The zero-order chi connectivity index (χ0) is 16.5. The van der Waals surface area contributed by atoms with Gasteiger partial charge in [-0.1, -0.05) is 32.9 Å². The molecular weight excluding hydrogens is 284 g/mol. The molecule has 0 saturated carbocycles. The molecule has 126 valence electrons. The third kappa shape index (κ3) is 7.54. The van der Waals surface area contributed by atoms with Crippen molar-refractivity contribution in [2.75, 3.05) is 6.61 Å². The average molecular weight is 312 g/mol. The second-order valence-electron chi connectivity index (χ2n) is 6.34. The van der Waals surface area contributed by atoms with Gasteiger partial charge in [-0.2, -0.15) is 4.98 Å². The summed E-state index contributed by atoms with van der Waals surface area (Å²) in [5.41, 5.74) is 0. The van der Waals surface area contributed by atoms with Crippen molar-refractivity contribution in [3.05, 3.63) is 11.7 Å². The van der Waals surface area contributed by atoms with Gasteiger partial charge < -0.3 is 14.0 Å². The van der Waals surface area contributed by atoms with E-state index >= 15 is 0 Å². The number of hydrogen-bond donors (Lipinski definition) is 0. The van der Waals surface area contributed by atoms with Crippen LogP contribution in [0.15, 0.2) is 4.52 Å². The first-order valence-electron chi connectivity index (χ1n) is 7.98. The molecule has 1 aromatic heterocycles. The van der Waals surface area contributed by atoms with Crippen LogP contribution >= 0.6 is 0 Å². The molecule has 1 aromatic rings. The highest BCUT2D eigenvalue weighted by molar-refractivity contribution is 5.74. The average Bonchev–Trinajstić information content (AvgIpc) is 2.90. The number of hydrogen-bond acceptors (Lipinski definition) is 6. The van der Waals surface area contributed by atoms with Crippen molar-refractivity contribution >= 4 is 5.97 Å². The standard InChI is InChI=1S/C16H28N2O4/c1-11(2)6-7-14-17-15(22-18-14)10-21-16(19)13(5)20-9-8-12(3)4/h11-13H,6-10H2,1-5H3. The van der Waals surface area contributed by atoms with E-state index in [9.17, 15) is 4.79 Å². The molecule has 0 aliphatic heterocycles. The van der Waals surface area contributed by atoms with Crippen LogP contribution in [0.25, 0.3) is 0 Å². The van der Waals surface area contributed by atoms with Crippen LogP contribution in [0.2, 0.25) is 0 Å². The van der Waals surface area contributed by atoms with E-state index in [1.165, 1.54) is 0 Å². The fourth-order valence-corrected chi connectivity index (χ4v) is 1.67. The second-order valence-corrected chi connectivity index (χ2v) is 6.34. The van der Waals surface area contributed by atoms with Crippen molar-refractivity contribution in [1.29, 1.82) is 0 Å². The van der Waals surface area contributed by atoms with Gasteiger partial charge in [0.25, 0.3) is 5.89 Å². The maximum atomic E-state index is 11.8. The minimum atomic E-state index is -0.581. The third-order valence-corrected chi connectivity index (χ3v) is 3.19. The summed E-state index contributed by atoms with van der Waals surface area (Å²) in [5.74, 6) is 1.70. The van der Waals surface area contributed by atoms with E-state index < -0.39 is 12.1 Å². The number of aryl methyl sites for hydroxylation is 1. The van der Waals surface area contributed by atoms with Crippen LogP contribution in [-0.2, 0) is 27.3 Å². The molecule has 1 rings (SSSR count). The summed E-state index contributed by atoms with van der Waals surface area (Å²) >= 11 is 0. The lowest BCUT2D eigenvalue weighted by Gasteiger charge is -2.12. The van der Waals surface area contributed by atoms with Crippen LogP contribution < -0.4 is 0 Å². The zero-order valence-corrected chi connectivity index (χ0v) is 14.3. The summed E-state index contributed by atoms with van der Waals surface area (Å²) in [6, 6.07) is 0. The molecule has 0 N–H and O–H groups in total. The number of aromatic nitrogens is 2. The van der Waals surface area contributed by atoms with Gasteiger partial charge >= 0.3 is 5.97 Å². The molecule has 0 aromatic carbocycles. The van der Waals surface area contributed by atoms with E-state index in [1.807, 2.05) is 0 Å². The molecule has 6 heteroatoms. The summed E-state index contributed by atoms with van der Waals surface area (Å²) in [4.78, 5) is 16.0. The molecule has 6 nitrogen and oxygen atoms in total. The Morgan fingerprint density at radius 1 is 1.14 bits per heavy atom. The van der Waals surface area contributed by atoms with Crippen LogP contribution in [-0.4, -0.2) is 28.8 Å². The smallest absolute Gasteiger partial charge is 0.335 e. The third-order valence-electron chi connectivity index (χ3n) is 3.19. The maximum Gasteiger partial charge on any atom is 0.335 e. The monoisotopic (exact) mass is 312 g/mol. The summed E-state index contributed by atoms with van der Waals surface area (Å²) in [7, 11) is 0. The Kier molecular flexibility index (Phi) is 8.09. The lowest BCUT2D eigenvalue weighted by atomic mass is 10.1. The molecule has 0 saturated heterocycles. The van der Waals surface area contributed by atoms with Crippen LogP contribution in [0.4, 0.5) is 0 Å². The van der Waals surface area contributed by atoms with Gasteiger partial charge in [-0.25, -0.2) is 4.79 Å². The van der Waals surface area contributed by atoms with Crippen LogP contribution in [0, 0.1) is 11.8 Å². The van der Waals surface area contributed by atoms with E-state index in [1.54, 1.807) is 6.92 Å². The first-order chi connectivity index (χ1) is 10.4. The summed E-state index contributed by atoms with van der Waals surface area (Å²) in [6.07, 6.45) is 2.10. The Labute approximate surface area is 132 Å². The number of carbonyl (C=O) groups excluding carboxylic acids is 1. The van der Waals surface area contributed by atoms with E-state index in [0.29, 0.717) is 30.2 Å². The molecule has 1 unspecified atom stereocenters. The fraction of sp³-hybridized carbons (Fsp3) is 0.812. The molecule has 22 heavy (non-hydrogen) atoms. The first kappa shape index (κ1) is 18.6. The number of nitrogens with zero attached hydrogens (tertiary/aromatic N) is 2. The number of ether oxygens (including phenoxy) is 2. The normalized spacial score (nSPS) is 12.9. The highest BCUT2D eigenvalue weighted by atomic mass is 16.6. The lowest BCUT2D eigenvalue weighted by Crippen LogP contribution is -2.24. The molecule has 0 aliphatic rings. The minimum Gasteiger partial charge on any atom is -0.454 e. The Balaban J connectivity index is 2.28. The van der Waals surface area contributed by atoms with Crippen molar-refractivity contribution < 1.29 is 18.8 Å². The van der Waals surface area contributed by atoms with Gasteiger partial charge in [0.15, 0.2) is 18.5 Å². The summed E-state index contributed by atoms with van der Waals surface area (Å²) in [5, 5.41) is 3.87. The SMILES string of the molecule is CC(C)CCOC(C)C(=O)OCc1nc(CCC(C)C)no1. The predicted molar refractivity (Wildman–Crippen MR) is 82.1 cm³/mol. The number of rotatable bonds is 10. The maximum absolute atomic E-state index is 11.8. The minimum absolute atomic E-state index is 0.00854. The van der Waals surface area contributed by atoms with Crippen molar-refractivity contribution in [3.63, 3.8) is 0 Å². The van der Waals surface area contributed by atoms with Gasteiger partial charge in [0, 0.05) is 13.0 Å². The first-order valence-corrected chi connectivity index (χ1v) is 7.98. The van der Waals surface area contributed by atoms with Gasteiger partial charge in [-0.15, -0.1) is 0 Å². The van der Waals surface area contributed by atoms with Gasteiger partial charge in [-0.05, 0) is 31.6 Å². The quantitative estimate of drug-likeness (QED) is 0.618. The summed E-state index contributed by atoms with van der Waals surface area (Å²) < 4.78 is 15.6. The van der Waals surface area contributed by atoms with E-state index in [2.05, 4.69) is 37.8 Å². The van der Waals surface area contributed by atoms with E-state index in [-0.39, 0.29) is 6.61 Å². The van der Waals surface area contributed by atoms with Gasteiger partial charge in [0.1, 0.15) is 0 Å². The predicted octanol–water partition coefficient (Wildman–Crippen LogP) is 3.15. The molecule has 0 spiro atoms. The Morgan fingerprint density at radius 2 is 1.82 bits per heavy atom. The topological polar surface area (TPSA) is 74.5 Å². The highest BCUT2D eigenvalue weighted by Crippen LogP contribution is 2.08. The van der Waals surface area contributed by atoms with E-state index in [4.69, 9.17) is 14.0 Å². The van der Waals surface area contributed by atoms with Crippen LogP contribution in [0.5, 0.6) is 0 Å². The second kappa shape index (κ2) is 9.56. The molecule has 0 aliphatic carbocycles. The largest absolute Gasteiger partial charge is 0.454 e. The van der Waals surface area contributed by atoms with Crippen molar-refractivity contribution in [3.8, 4) is 0 Å². The molecular formula is C16H28N2O4. The van der Waals surface area contributed by atoms with Crippen LogP contribution in [0.3, 0.4) is 0 Å². The Morgan fingerprint density at radius 3 is 2.45 bits per heavy atom. The molecule has 0 radical (unpaired) electrons. The van der Waals surface area contributed by atoms with Crippen molar-refractivity contribution in [2.24, 2.45) is 11.8 Å². The molecule has 0 bridgehead atoms. The van der Waals surface area contributed by atoms with Gasteiger partial charge in [0.2, 0.25) is 0 Å². The highest BCUT2D eigenvalue weighted by Gasteiger charge is 2.17. The summed E-state index contributed by atoms with van der Waals surface area (Å²) in [6.45, 7) is 10.7. The lowest BCUT2D eigenvalue weighted by molar-refractivity contribution is -0.158. The van der Waals surface area contributed by atoms with E-state index in [0.717, 1.165) is 19.3 Å². The molecule has 1 heterocycles. The molecule has 0 amide bonds. The number of esters is 1. The van der Waals surface area contributed by atoms with Crippen LogP contribution in [0.1, 0.15) is 59.2 Å². The Hall–Kier alpha value is -1.43. The molecule has 0 fully saturated rings. The Bertz CT molecular complexity index is 443. The number of carbonyl (C=O) groups is 1. The van der Waals surface area contributed by atoms with Crippen molar-refractivity contribution in [1.82, 2.24) is 10.1 Å². The zero-order valence-electron chi connectivity index (χ0n) is 14.3.